The molecule has 7 heteroatoms. The average Bonchev–Trinajstić information content (AvgIpc) is 2.56. The Hall–Kier alpha value is -1.44. The SMILES string of the molecule is CC(C)(C)CC1OC(n2ccc(=O)[nH]c2=O)C(O)C1O. The number of aromatic nitrogens is 2. The van der Waals surface area contributed by atoms with Gasteiger partial charge in [-0.15, -0.1) is 0 Å². The molecule has 1 aromatic rings. The molecule has 20 heavy (non-hydrogen) atoms. The van der Waals surface area contributed by atoms with Crippen molar-refractivity contribution in [1.29, 1.82) is 0 Å². The molecule has 1 aliphatic rings. The van der Waals surface area contributed by atoms with E-state index in [4.69, 9.17) is 4.74 Å². The normalized spacial score (nSPS) is 30.6. The first kappa shape index (κ1) is 15.0. The molecule has 0 radical (unpaired) electrons. The number of hydrogen-bond acceptors (Lipinski definition) is 5. The van der Waals surface area contributed by atoms with Gasteiger partial charge in [-0.05, 0) is 11.8 Å². The van der Waals surface area contributed by atoms with Gasteiger partial charge in [0, 0.05) is 12.3 Å². The molecule has 112 valence electrons. The fourth-order valence-electron chi connectivity index (χ4n) is 2.36. The van der Waals surface area contributed by atoms with Crippen LogP contribution in [0.5, 0.6) is 0 Å². The van der Waals surface area contributed by atoms with Crippen molar-refractivity contribution in [3.63, 3.8) is 0 Å². The summed E-state index contributed by atoms with van der Waals surface area (Å²) in [5.74, 6) is 0. The minimum absolute atomic E-state index is 0.0871. The highest BCUT2D eigenvalue weighted by molar-refractivity contribution is 4.94. The van der Waals surface area contributed by atoms with Gasteiger partial charge >= 0.3 is 5.69 Å². The van der Waals surface area contributed by atoms with Gasteiger partial charge in [-0.1, -0.05) is 20.8 Å². The summed E-state index contributed by atoms with van der Waals surface area (Å²) in [6.45, 7) is 5.99. The van der Waals surface area contributed by atoms with Gasteiger partial charge in [0.05, 0.1) is 6.10 Å². The summed E-state index contributed by atoms with van der Waals surface area (Å²) >= 11 is 0. The van der Waals surface area contributed by atoms with Crippen LogP contribution >= 0.6 is 0 Å². The highest BCUT2D eigenvalue weighted by Crippen LogP contribution is 2.34. The topological polar surface area (TPSA) is 105 Å². The molecule has 0 aromatic carbocycles. The Kier molecular flexibility index (Phi) is 3.86. The van der Waals surface area contributed by atoms with E-state index >= 15 is 0 Å². The Bertz CT molecular complexity index is 585. The van der Waals surface area contributed by atoms with Crippen LogP contribution in [-0.2, 0) is 4.74 Å². The molecule has 0 bridgehead atoms. The summed E-state index contributed by atoms with van der Waals surface area (Å²) in [7, 11) is 0. The van der Waals surface area contributed by atoms with Gasteiger partial charge in [-0.3, -0.25) is 14.3 Å². The van der Waals surface area contributed by atoms with E-state index in [1.807, 2.05) is 20.8 Å². The number of aromatic amines is 1. The van der Waals surface area contributed by atoms with Crippen molar-refractivity contribution < 1.29 is 14.9 Å². The van der Waals surface area contributed by atoms with Crippen molar-refractivity contribution >= 4 is 0 Å². The molecule has 1 saturated heterocycles. The first-order valence-corrected chi connectivity index (χ1v) is 6.52. The van der Waals surface area contributed by atoms with E-state index in [0.717, 1.165) is 4.57 Å². The molecule has 7 nitrogen and oxygen atoms in total. The summed E-state index contributed by atoms with van der Waals surface area (Å²) in [6.07, 6.45) is -2.05. The zero-order chi connectivity index (χ0) is 15.1. The van der Waals surface area contributed by atoms with Crippen LogP contribution in [0.15, 0.2) is 21.9 Å². The summed E-state index contributed by atoms with van der Waals surface area (Å²) in [5, 5.41) is 20.1. The predicted octanol–water partition coefficient (Wildman–Crippen LogP) is -0.408. The van der Waals surface area contributed by atoms with Crippen molar-refractivity contribution in [3.05, 3.63) is 33.1 Å². The molecule has 2 heterocycles. The van der Waals surface area contributed by atoms with Gasteiger partial charge < -0.3 is 14.9 Å². The van der Waals surface area contributed by atoms with E-state index in [0.29, 0.717) is 6.42 Å². The third-order valence-corrected chi connectivity index (χ3v) is 3.28. The van der Waals surface area contributed by atoms with E-state index in [9.17, 15) is 19.8 Å². The van der Waals surface area contributed by atoms with E-state index in [1.165, 1.54) is 12.3 Å². The van der Waals surface area contributed by atoms with Crippen molar-refractivity contribution in [1.82, 2.24) is 9.55 Å². The molecule has 3 N–H and O–H groups in total. The lowest BCUT2D eigenvalue weighted by molar-refractivity contribution is -0.0499. The van der Waals surface area contributed by atoms with Crippen LogP contribution in [-0.4, -0.2) is 38.1 Å². The Balaban J connectivity index is 2.26. The fourth-order valence-corrected chi connectivity index (χ4v) is 2.36. The second-order valence-corrected chi connectivity index (χ2v) is 6.33. The maximum absolute atomic E-state index is 11.7. The number of nitrogens with one attached hydrogen (secondary N) is 1. The van der Waals surface area contributed by atoms with Gasteiger partial charge in [-0.2, -0.15) is 0 Å². The van der Waals surface area contributed by atoms with Gasteiger partial charge in [0.25, 0.3) is 5.56 Å². The van der Waals surface area contributed by atoms with Gasteiger partial charge in [0.1, 0.15) is 12.2 Å². The number of rotatable bonds is 2. The van der Waals surface area contributed by atoms with Crippen LogP contribution in [0.1, 0.15) is 33.4 Å². The molecular formula is C13H20N2O5. The zero-order valence-electron chi connectivity index (χ0n) is 11.7. The Morgan fingerprint density at radius 3 is 2.50 bits per heavy atom. The van der Waals surface area contributed by atoms with Crippen LogP contribution in [0.2, 0.25) is 0 Å². The standard InChI is InChI=1S/C13H20N2O5/c1-13(2,3)6-7-9(17)10(18)11(20-7)15-5-4-8(16)14-12(15)19/h4-5,7,9-11,17-18H,6H2,1-3H3,(H,14,16,19). The third kappa shape index (κ3) is 3.00. The molecule has 2 rings (SSSR count). The summed E-state index contributed by atoms with van der Waals surface area (Å²) in [6, 6.07) is 1.17. The number of ether oxygens (including phenoxy) is 1. The summed E-state index contributed by atoms with van der Waals surface area (Å²) in [5.41, 5.74) is -1.29. The molecule has 0 aliphatic carbocycles. The highest BCUT2D eigenvalue weighted by atomic mass is 16.6. The maximum Gasteiger partial charge on any atom is 0.330 e. The number of aliphatic hydroxyl groups excluding tert-OH is 2. The number of aliphatic hydroxyl groups is 2. The predicted molar refractivity (Wildman–Crippen MR) is 71.3 cm³/mol. The summed E-state index contributed by atoms with van der Waals surface area (Å²) in [4.78, 5) is 24.8. The minimum atomic E-state index is -1.22. The lowest BCUT2D eigenvalue weighted by Crippen LogP contribution is -2.37. The second kappa shape index (κ2) is 5.16. The van der Waals surface area contributed by atoms with Crippen molar-refractivity contribution in [2.75, 3.05) is 0 Å². The number of hydrogen-bond donors (Lipinski definition) is 3. The molecule has 0 spiro atoms. The van der Waals surface area contributed by atoms with Crippen LogP contribution in [0.25, 0.3) is 0 Å². The largest absolute Gasteiger partial charge is 0.388 e. The van der Waals surface area contributed by atoms with E-state index in [2.05, 4.69) is 4.98 Å². The van der Waals surface area contributed by atoms with E-state index < -0.39 is 35.8 Å². The maximum atomic E-state index is 11.7. The van der Waals surface area contributed by atoms with Crippen molar-refractivity contribution in [2.24, 2.45) is 5.41 Å². The highest BCUT2D eigenvalue weighted by Gasteiger charge is 2.45. The molecule has 0 saturated carbocycles. The van der Waals surface area contributed by atoms with Crippen LogP contribution in [0.4, 0.5) is 0 Å². The lowest BCUT2D eigenvalue weighted by atomic mass is 9.87. The Morgan fingerprint density at radius 2 is 1.95 bits per heavy atom. The van der Waals surface area contributed by atoms with E-state index in [-0.39, 0.29) is 5.41 Å². The molecule has 4 unspecified atom stereocenters. The third-order valence-electron chi connectivity index (χ3n) is 3.28. The monoisotopic (exact) mass is 284 g/mol. The second-order valence-electron chi connectivity index (χ2n) is 6.33. The van der Waals surface area contributed by atoms with E-state index in [1.54, 1.807) is 0 Å². The minimum Gasteiger partial charge on any atom is -0.388 e. The van der Waals surface area contributed by atoms with Crippen LogP contribution in [0.3, 0.4) is 0 Å². The Labute approximate surface area is 115 Å². The quantitative estimate of drug-likeness (QED) is 0.685. The molecular weight excluding hydrogens is 264 g/mol. The number of H-pyrrole nitrogens is 1. The molecule has 4 atom stereocenters. The number of nitrogens with zero attached hydrogens (tertiary/aromatic N) is 1. The summed E-state index contributed by atoms with van der Waals surface area (Å²) < 4.78 is 6.69. The first-order chi connectivity index (χ1) is 9.19. The smallest absolute Gasteiger partial charge is 0.330 e. The molecule has 0 amide bonds. The molecule has 1 aliphatic heterocycles. The van der Waals surface area contributed by atoms with Crippen molar-refractivity contribution in [2.45, 2.75) is 51.7 Å². The molecule has 1 aromatic heterocycles. The van der Waals surface area contributed by atoms with Crippen LogP contribution < -0.4 is 11.2 Å². The average molecular weight is 284 g/mol. The van der Waals surface area contributed by atoms with Crippen LogP contribution in [0, 0.1) is 5.41 Å². The Morgan fingerprint density at radius 1 is 1.30 bits per heavy atom. The lowest BCUT2D eigenvalue weighted by Gasteiger charge is -2.24. The molecule has 1 fully saturated rings. The van der Waals surface area contributed by atoms with Gasteiger partial charge in [0.2, 0.25) is 0 Å². The zero-order valence-corrected chi connectivity index (χ0v) is 11.7. The first-order valence-electron chi connectivity index (χ1n) is 6.52. The van der Waals surface area contributed by atoms with Gasteiger partial charge in [0.15, 0.2) is 6.23 Å². The van der Waals surface area contributed by atoms with Crippen molar-refractivity contribution in [3.8, 4) is 0 Å². The fraction of sp³-hybridized carbons (Fsp3) is 0.692. The van der Waals surface area contributed by atoms with Gasteiger partial charge in [-0.25, -0.2) is 4.79 Å².